The van der Waals surface area contributed by atoms with Crippen molar-refractivity contribution < 1.29 is 32.6 Å². The maximum atomic E-state index is 13.6. The highest BCUT2D eigenvalue weighted by molar-refractivity contribution is 7.89. The fraction of sp³-hybridized carbons (Fsp3) is 0.714. The fourth-order valence-corrected chi connectivity index (χ4v) is 6.49. The van der Waals surface area contributed by atoms with Crippen LogP contribution in [0.4, 0.5) is 0 Å². The van der Waals surface area contributed by atoms with Crippen LogP contribution >= 0.6 is 0 Å². The van der Waals surface area contributed by atoms with Gasteiger partial charge in [0.2, 0.25) is 21.8 Å². The molecular formula is C28H46N4O7S. The van der Waals surface area contributed by atoms with Gasteiger partial charge in [0.05, 0.1) is 23.6 Å². The third-order valence-corrected chi connectivity index (χ3v) is 9.26. The molecule has 1 saturated heterocycles. The van der Waals surface area contributed by atoms with Gasteiger partial charge in [-0.3, -0.25) is 14.5 Å². The number of carbonyl (C=O) groups is 2. The number of carbonyl (C=O) groups excluding carboxylic acids is 2. The van der Waals surface area contributed by atoms with Gasteiger partial charge in [-0.05, 0) is 56.8 Å². The van der Waals surface area contributed by atoms with Crippen molar-refractivity contribution in [1.29, 1.82) is 0 Å². The van der Waals surface area contributed by atoms with E-state index in [0.29, 0.717) is 31.1 Å². The summed E-state index contributed by atoms with van der Waals surface area (Å²) in [5.74, 6) is 0.107. The molecule has 12 heteroatoms. The normalized spacial score (nSPS) is 18.8. The van der Waals surface area contributed by atoms with Crippen molar-refractivity contribution in [3.8, 4) is 11.5 Å². The molecule has 1 aromatic carbocycles. The van der Waals surface area contributed by atoms with E-state index in [-0.39, 0.29) is 42.3 Å². The molecule has 2 aliphatic rings. The molecule has 11 nitrogen and oxygen atoms in total. The first-order chi connectivity index (χ1) is 18.9. The van der Waals surface area contributed by atoms with Gasteiger partial charge in [-0.2, -0.15) is 4.31 Å². The van der Waals surface area contributed by atoms with Gasteiger partial charge in [0, 0.05) is 19.2 Å². The van der Waals surface area contributed by atoms with Crippen molar-refractivity contribution in [1.82, 2.24) is 19.8 Å². The zero-order chi connectivity index (χ0) is 29.4. The lowest BCUT2D eigenvalue weighted by molar-refractivity contribution is -0.131. The van der Waals surface area contributed by atoms with E-state index in [4.69, 9.17) is 9.47 Å². The number of likely N-dealkylation sites (tertiary alicyclic amines) is 1. The summed E-state index contributed by atoms with van der Waals surface area (Å²) in [6.07, 6.45) is 1.62. The Bertz CT molecular complexity index is 1110. The molecular weight excluding hydrogens is 536 g/mol. The molecule has 1 fully saturated rings. The van der Waals surface area contributed by atoms with Gasteiger partial charge in [0.1, 0.15) is 19.3 Å². The predicted molar refractivity (Wildman–Crippen MR) is 152 cm³/mol. The zero-order valence-electron chi connectivity index (χ0n) is 24.4. The first-order valence-electron chi connectivity index (χ1n) is 14.3. The molecule has 1 aromatic rings. The van der Waals surface area contributed by atoms with Crippen LogP contribution < -0.4 is 20.1 Å². The summed E-state index contributed by atoms with van der Waals surface area (Å²) in [5, 5.41) is 16.7. The van der Waals surface area contributed by atoms with E-state index in [9.17, 15) is 23.1 Å². The van der Waals surface area contributed by atoms with Crippen molar-refractivity contribution in [2.24, 2.45) is 11.8 Å². The number of ether oxygens (including phenoxy) is 2. The minimum Gasteiger partial charge on any atom is -0.486 e. The molecule has 0 saturated carbocycles. The second-order valence-corrected chi connectivity index (χ2v) is 13.2. The van der Waals surface area contributed by atoms with Crippen molar-refractivity contribution in [3.05, 3.63) is 18.2 Å². The fourth-order valence-electron chi connectivity index (χ4n) is 4.85. The van der Waals surface area contributed by atoms with Crippen LogP contribution in [0, 0.1) is 11.8 Å². The number of sulfonamides is 1. The van der Waals surface area contributed by atoms with Crippen LogP contribution in [0.3, 0.4) is 0 Å². The summed E-state index contributed by atoms with van der Waals surface area (Å²) in [5.41, 5.74) is 0. The molecule has 3 rings (SSSR count). The molecule has 2 aliphatic heterocycles. The highest BCUT2D eigenvalue weighted by Crippen LogP contribution is 2.33. The minimum atomic E-state index is -3.98. The number of hydrogen-bond acceptors (Lipinski definition) is 8. The average Bonchev–Trinajstić information content (AvgIpc) is 3.43. The van der Waals surface area contributed by atoms with Crippen molar-refractivity contribution >= 4 is 21.8 Å². The quantitative estimate of drug-likeness (QED) is 0.301. The number of fused-ring (bicyclic) bond motifs is 1. The van der Waals surface area contributed by atoms with E-state index in [1.807, 2.05) is 27.7 Å². The summed E-state index contributed by atoms with van der Waals surface area (Å²) in [7, 11) is -3.98. The van der Waals surface area contributed by atoms with E-state index < -0.39 is 34.1 Å². The molecule has 40 heavy (non-hydrogen) atoms. The molecule has 0 aromatic heterocycles. The first-order valence-corrected chi connectivity index (χ1v) is 15.8. The van der Waals surface area contributed by atoms with Gasteiger partial charge < -0.3 is 25.2 Å². The second kappa shape index (κ2) is 14.5. The maximum absolute atomic E-state index is 13.6. The van der Waals surface area contributed by atoms with Crippen LogP contribution in [-0.2, 0) is 19.6 Å². The number of rotatable bonds is 14. The number of nitrogens with zero attached hydrogens (tertiary/aromatic N) is 2. The lowest BCUT2D eigenvalue weighted by Gasteiger charge is -2.31. The Labute approximate surface area is 238 Å². The van der Waals surface area contributed by atoms with Crippen molar-refractivity contribution in [2.75, 3.05) is 45.9 Å². The van der Waals surface area contributed by atoms with E-state index in [0.717, 1.165) is 25.9 Å². The van der Waals surface area contributed by atoms with Crippen LogP contribution in [0.1, 0.15) is 53.9 Å². The van der Waals surface area contributed by atoms with E-state index in [2.05, 4.69) is 15.5 Å². The first kappa shape index (κ1) is 32.1. The van der Waals surface area contributed by atoms with Gasteiger partial charge in [-0.25, -0.2) is 8.42 Å². The minimum absolute atomic E-state index is 0.00955. The summed E-state index contributed by atoms with van der Waals surface area (Å²) < 4.78 is 39.5. The van der Waals surface area contributed by atoms with E-state index >= 15 is 0 Å². The van der Waals surface area contributed by atoms with Crippen LogP contribution in [0.5, 0.6) is 11.5 Å². The van der Waals surface area contributed by atoms with Gasteiger partial charge in [0.15, 0.2) is 11.5 Å². The molecule has 0 radical (unpaired) electrons. The molecule has 4 atom stereocenters. The topological polar surface area (TPSA) is 138 Å². The molecule has 0 spiro atoms. The Morgan fingerprint density at radius 1 is 1.02 bits per heavy atom. The van der Waals surface area contributed by atoms with E-state index in [1.54, 1.807) is 13.0 Å². The van der Waals surface area contributed by atoms with Crippen LogP contribution in [0.2, 0.25) is 0 Å². The standard InChI is InChI=1S/C28H46N4O7S/c1-6-20(4)27(30-26(34)18-31-11-7-8-12-31)28(35)29-21(5)23(33)17-32(16-19(2)3)40(36,37)22-9-10-24-25(15-22)39-14-13-38-24/h9-10,15,19-21,23,27,33H,6-8,11-14,16-18H2,1-5H3,(H,29,35)(H,30,34)/t20?,21-,23+,27-/m0/s1. The summed E-state index contributed by atoms with van der Waals surface area (Å²) in [6, 6.07) is 2.95. The average molecular weight is 583 g/mol. The lowest BCUT2D eigenvalue weighted by atomic mass is 9.97. The third kappa shape index (κ3) is 8.55. The van der Waals surface area contributed by atoms with Crippen molar-refractivity contribution in [2.45, 2.75) is 77.0 Å². The zero-order valence-corrected chi connectivity index (χ0v) is 25.2. The number of aliphatic hydroxyl groups excluding tert-OH is 1. The Hall–Kier alpha value is -2.41. The monoisotopic (exact) mass is 582 g/mol. The van der Waals surface area contributed by atoms with Crippen LogP contribution in [0.15, 0.2) is 23.1 Å². The SMILES string of the molecule is CCC(C)[C@H](NC(=O)CN1CCCC1)C(=O)N[C@@H](C)[C@H](O)CN(CC(C)C)S(=O)(=O)c1ccc2c(c1)OCCO2. The molecule has 0 aliphatic carbocycles. The molecule has 3 N–H and O–H groups in total. The van der Waals surface area contributed by atoms with Crippen LogP contribution in [-0.4, -0.2) is 98.7 Å². The molecule has 0 bridgehead atoms. The van der Waals surface area contributed by atoms with Gasteiger partial charge in [-0.1, -0.05) is 34.1 Å². The van der Waals surface area contributed by atoms with Gasteiger partial charge in [0.25, 0.3) is 0 Å². The molecule has 1 unspecified atom stereocenters. The number of benzene rings is 1. The Balaban J connectivity index is 1.68. The summed E-state index contributed by atoms with van der Waals surface area (Å²) >= 11 is 0. The molecule has 2 heterocycles. The second-order valence-electron chi connectivity index (χ2n) is 11.3. The van der Waals surface area contributed by atoms with Gasteiger partial charge in [-0.15, -0.1) is 0 Å². The highest BCUT2D eigenvalue weighted by atomic mass is 32.2. The smallest absolute Gasteiger partial charge is 0.243 e. The molecule has 2 amide bonds. The largest absolute Gasteiger partial charge is 0.486 e. The van der Waals surface area contributed by atoms with Crippen molar-refractivity contribution in [3.63, 3.8) is 0 Å². The maximum Gasteiger partial charge on any atom is 0.243 e. The molecule has 226 valence electrons. The Kier molecular flexibility index (Phi) is 11.6. The van der Waals surface area contributed by atoms with Crippen LogP contribution in [0.25, 0.3) is 0 Å². The summed E-state index contributed by atoms with van der Waals surface area (Å²) in [4.78, 5) is 28.0. The van der Waals surface area contributed by atoms with Gasteiger partial charge >= 0.3 is 0 Å². The lowest BCUT2D eigenvalue weighted by Crippen LogP contribution is -2.56. The van der Waals surface area contributed by atoms with E-state index in [1.165, 1.54) is 16.4 Å². The Morgan fingerprint density at radius 2 is 1.68 bits per heavy atom. The number of aliphatic hydroxyl groups is 1. The third-order valence-electron chi connectivity index (χ3n) is 7.44. The number of amides is 2. The highest BCUT2D eigenvalue weighted by Gasteiger charge is 2.33. The summed E-state index contributed by atoms with van der Waals surface area (Å²) in [6.45, 7) is 11.9. The number of nitrogens with one attached hydrogen (secondary N) is 2. The predicted octanol–water partition coefficient (Wildman–Crippen LogP) is 1.60. The number of hydrogen-bond donors (Lipinski definition) is 3. The Morgan fingerprint density at radius 3 is 2.30 bits per heavy atom.